The molecule has 0 aliphatic heterocycles. The zero-order valence-electron chi connectivity index (χ0n) is 10.9. The average molecular weight is 267 g/mol. The summed E-state index contributed by atoms with van der Waals surface area (Å²) in [7, 11) is 1.67. The van der Waals surface area contributed by atoms with Gasteiger partial charge in [-0.1, -0.05) is 12.1 Å². The van der Waals surface area contributed by atoms with Gasteiger partial charge in [0.1, 0.15) is 11.5 Å². The number of hydrogen-bond donors (Lipinski definition) is 1. The fraction of sp³-hybridized carbons (Fsp3) is 0.143. The van der Waals surface area contributed by atoms with Crippen molar-refractivity contribution in [1.82, 2.24) is 14.9 Å². The minimum atomic E-state index is -0.250. The lowest BCUT2D eigenvalue weighted by atomic mass is 10.1. The van der Waals surface area contributed by atoms with Crippen LogP contribution in [0.25, 0.3) is 0 Å². The number of aromatic nitrogens is 2. The zero-order chi connectivity index (χ0) is 14.5. The van der Waals surface area contributed by atoms with Gasteiger partial charge in [-0.2, -0.15) is 5.26 Å². The van der Waals surface area contributed by atoms with Crippen molar-refractivity contribution in [3.8, 4) is 6.07 Å². The van der Waals surface area contributed by atoms with E-state index in [1.165, 1.54) is 17.3 Å². The van der Waals surface area contributed by atoms with Gasteiger partial charge >= 0.3 is 0 Å². The van der Waals surface area contributed by atoms with Crippen LogP contribution in [0.15, 0.2) is 36.7 Å². The van der Waals surface area contributed by atoms with Gasteiger partial charge in [0, 0.05) is 13.6 Å². The van der Waals surface area contributed by atoms with Crippen LogP contribution in [-0.2, 0) is 6.54 Å². The Bertz CT molecular complexity index is 660. The number of rotatable bonds is 3. The Morgan fingerprint density at radius 1 is 1.40 bits per heavy atom. The Kier molecular flexibility index (Phi) is 3.91. The van der Waals surface area contributed by atoms with Gasteiger partial charge in [0.15, 0.2) is 0 Å². The van der Waals surface area contributed by atoms with E-state index in [2.05, 4.69) is 16.0 Å². The van der Waals surface area contributed by atoms with Gasteiger partial charge < -0.3 is 10.6 Å². The first kappa shape index (κ1) is 13.5. The predicted octanol–water partition coefficient (Wildman–Crippen LogP) is 1.20. The third kappa shape index (κ3) is 3.09. The smallest absolute Gasteiger partial charge is 0.274 e. The van der Waals surface area contributed by atoms with Gasteiger partial charge in [-0.3, -0.25) is 4.79 Å². The van der Waals surface area contributed by atoms with Gasteiger partial charge in [0.25, 0.3) is 5.91 Å². The first-order valence-electron chi connectivity index (χ1n) is 5.92. The summed E-state index contributed by atoms with van der Waals surface area (Å²) < 4.78 is 0. The Labute approximate surface area is 116 Å². The highest BCUT2D eigenvalue weighted by atomic mass is 16.2. The molecular weight excluding hydrogens is 254 g/mol. The van der Waals surface area contributed by atoms with Crippen LogP contribution >= 0.6 is 0 Å². The van der Waals surface area contributed by atoms with Gasteiger partial charge in [-0.25, -0.2) is 9.97 Å². The van der Waals surface area contributed by atoms with Gasteiger partial charge in [-0.15, -0.1) is 0 Å². The molecule has 0 saturated heterocycles. The van der Waals surface area contributed by atoms with Crippen LogP contribution in [0.1, 0.15) is 21.6 Å². The molecule has 1 aromatic heterocycles. The number of amides is 1. The Balaban J connectivity index is 2.11. The minimum Gasteiger partial charge on any atom is -0.382 e. The molecule has 0 aliphatic rings. The Morgan fingerprint density at radius 3 is 2.85 bits per heavy atom. The van der Waals surface area contributed by atoms with E-state index < -0.39 is 0 Å². The van der Waals surface area contributed by atoms with Crippen molar-refractivity contribution in [2.75, 3.05) is 12.8 Å². The molecule has 2 N–H and O–H groups in total. The lowest BCUT2D eigenvalue weighted by Crippen LogP contribution is -2.27. The molecule has 2 aromatic rings. The second-order valence-corrected chi connectivity index (χ2v) is 4.30. The van der Waals surface area contributed by atoms with Crippen LogP contribution < -0.4 is 5.73 Å². The standard InChI is InChI=1S/C14H13N5O/c1-19(9-11-4-2-3-10(5-11)6-15)14(20)12-7-18-13(16)8-17-12/h2-5,7-8H,9H2,1H3,(H2,16,18). The third-order valence-corrected chi connectivity index (χ3v) is 2.71. The molecule has 20 heavy (non-hydrogen) atoms. The van der Waals surface area contributed by atoms with Crippen molar-refractivity contribution in [3.05, 3.63) is 53.5 Å². The molecule has 0 aliphatic carbocycles. The van der Waals surface area contributed by atoms with Crippen LogP contribution in [0.3, 0.4) is 0 Å². The first-order chi connectivity index (χ1) is 9.60. The summed E-state index contributed by atoms with van der Waals surface area (Å²) in [6, 6.07) is 9.18. The number of carbonyl (C=O) groups is 1. The maximum atomic E-state index is 12.1. The van der Waals surface area contributed by atoms with E-state index in [-0.39, 0.29) is 17.4 Å². The Hall–Kier alpha value is -2.94. The predicted molar refractivity (Wildman–Crippen MR) is 73.4 cm³/mol. The highest BCUT2D eigenvalue weighted by molar-refractivity contribution is 5.91. The van der Waals surface area contributed by atoms with E-state index in [0.29, 0.717) is 12.1 Å². The summed E-state index contributed by atoms with van der Waals surface area (Å²) in [6.07, 6.45) is 2.69. The summed E-state index contributed by atoms with van der Waals surface area (Å²) in [4.78, 5) is 21.4. The van der Waals surface area contributed by atoms with Crippen molar-refractivity contribution in [3.63, 3.8) is 0 Å². The number of nitrogen functional groups attached to an aromatic ring is 1. The lowest BCUT2D eigenvalue weighted by molar-refractivity contribution is 0.0779. The van der Waals surface area contributed by atoms with Crippen LogP contribution in [-0.4, -0.2) is 27.8 Å². The number of benzene rings is 1. The highest BCUT2D eigenvalue weighted by Crippen LogP contribution is 2.09. The molecule has 1 amide bonds. The molecule has 0 bridgehead atoms. The van der Waals surface area contributed by atoms with Crippen LogP contribution in [0.4, 0.5) is 5.82 Å². The lowest BCUT2D eigenvalue weighted by Gasteiger charge is -2.16. The molecule has 0 atom stereocenters. The maximum Gasteiger partial charge on any atom is 0.274 e. The van der Waals surface area contributed by atoms with E-state index in [4.69, 9.17) is 11.0 Å². The van der Waals surface area contributed by atoms with E-state index in [1.54, 1.807) is 25.2 Å². The molecule has 0 unspecified atom stereocenters. The molecule has 0 saturated carbocycles. The summed E-state index contributed by atoms with van der Waals surface area (Å²) in [6.45, 7) is 0.389. The molecule has 1 aromatic carbocycles. The van der Waals surface area contributed by atoms with Gasteiger partial charge in [0.2, 0.25) is 0 Å². The van der Waals surface area contributed by atoms with Crippen molar-refractivity contribution < 1.29 is 4.79 Å². The largest absolute Gasteiger partial charge is 0.382 e. The van der Waals surface area contributed by atoms with Crippen LogP contribution in [0.5, 0.6) is 0 Å². The summed E-state index contributed by atoms with van der Waals surface area (Å²) in [5.74, 6) is 0.0192. The van der Waals surface area contributed by atoms with Gasteiger partial charge in [-0.05, 0) is 17.7 Å². The average Bonchev–Trinajstić information content (AvgIpc) is 2.47. The van der Waals surface area contributed by atoms with Crippen molar-refractivity contribution >= 4 is 11.7 Å². The number of nitrogens with zero attached hydrogens (tertiary/aromatic N) is 4. The molecule has 1 heterocycles. The molecule has 6 heteroatoms. The van der Waals surface area contributed by atoms with Crippen LogP contribution in [0, 0.1) is 11.3 Å². The quantitative estimate of drug-likeness (QED) is 0.901. The van der Waals surface area contributed by atoms with Crippen LogP contribution in [0.2, 0.25) is 0 Å². The third-order valence-electron chi connectivity index (χ3n) is 2.71. The highest BCUT2D eigenvalue weighted by Gasteiger charge is 2.13. The number of hydrogen-bond acceptors (Lipinski definition) is 5. The minimum absolute atomic E-state index is 0.234. The normalized spacial score (nSPS) is 9.80. The summed E-state index contributed by atoms with van der Waals surface area (Å²) in [5.41, 5.74) is 7.11. The summed E-state index contributed by atoms with van der Waals surface area (Å²) >= 11 is 0. The monoisotopic (exact) mass is 267 g/mol. The van der Waals surface area contributed by atoms with Crippen molar-refractivity contribution in [2.24, 2.45) is 0 Å². The number of anilines is 1. The number of nitrogens with two attached hydrogens (primary N) is 1. The number of carbonyl (C=O) groups excluding carboxylic acids is 1. The Morgan fingerprint density at radius 2 is 2.20 bits per heavy atom. The van der Waals surface area contributed by atoms with E-state index in [9.17, 15) is 4.79 Å². The van der Waals surface area contributed by atoms with E-state index in [1.807, 2.05) is 6.07 Å². The second-order valence-electron chi connectivity index (χ2n) is 4.30. The molecule has 0 fully saturated rings. The van der Waals surface area contributed by atoms with Gasteiger partial charge in [0.05, 0.1) is 24.0 Å². The summed E-state index contributed by atoms with van der Waals surface area (Å²) in [5, 5.41) is 8.85. The maximum absolute atomic E-state index is 12.1. The fourth-order valence-electron chi connectivity index (χ4n) is 1.73. The van der Waals surface area contributed by atoms with Crippen molar-refractivity contribution in [1.29, 1.82) is 5.26 Å². The fourth-order valence-corrected chi connectivity index (χ4v) is 1.73. The zero-order valence-corrected chi connectivity index (χ0v) is 10.9. The number of nitriles is 1. The first-order valence-corrected chi connectivity index (χ1v) is 5.92. The van der Waals surface area contributed by atoms with E-state index >= 15 is 0 Å². The second kappa shape index (κ2) is 5.80. The van der Waals surface area contributed by atoms with Crippen molar-refractivity contribution in [2.45, 2.75) is 6.54 Å². The molecule has 6 nitrogen and oxygen atoms in total. The molecule has 0 radical (unpaired) electrons. The topological polar surface area (TPSA) is 95.9 Å². The van der Waals surface area contributed by atoms with E-state index in [0.717, 1.165) is 5.56 Å². The molecule has 100 valence electrons. The molecule has 2 rings (SSSR count). The SMILES string of the molecule is CN(Cc1cccc(C#N)c1)C(=O)c1cnc(N)cn1. The molecular formula is C14H13N5O. The molecule has 0 spiro atoms.